The van der Waals surface area contributed by atoms with Gasteiger partial charge in [0.1, 0.15) is 6.26 Å². The molecule has 2 aromatic heterocycles. The zero-order chi connectivity index (χ0) is 9.10. The van der Waals surface area contributed by atoms with E-state index in [1.807, 2.05) is 6.07 Å². The van der Waals surface area contributed by atoms with Gasteiger partial charge in [0.25, 0.3) is 5.22 Å². The van der Waals surface area contributed by atoms with Gasteiger partial charge in [-0.1, -0.05) is 0 Å². The van der Waals surface area contributed by atoms with E-state index >= 15 is 0 Å². The quantitative estimate of drug-likeness (QED) is 0.829. The Balaban J connectivity index is 2.24. The first-order chi connectivity index (χ1) is 6.36. The van der Waals surface area contributed by atoms with E-state index in [4.69, 9.17) is 4.42 Å². The minimum atomic E-state index is 0.631. The molecule has 0 aliphatic heterocycles. The van der Waals surface area contributed by atoms with Crippen molar-refractivity contribution in [2.75, 3.05) is 0 Å². The highest BCUT2D eigenvalue weighted by Gasteiger charge is 2.04. The van der Waals surface area contributed by atoms with Crippen molar-refractivity contribution in [1.82, 2.24) is 9.97 Å². The number of nitrogens with zero attached hydrogens (tertiary/aromatic N) is 2. The Kier molecular flexibility index (Phi) is 2.65. The second-order valence-corrected chi connectivity index (χ2v) is 4.05. The molecule has 0 aliphatic carbocycles. The molecule has 0 unspecified atom stereocenters. The van der Waals surface area contributed by atoms with Crippen LogP contribution < -0.4 is 0 Å². The molecule has 2 heterocycles. The van der Waals surface area contributed by atoms with Crippen molar-refractivity contribution < 1.29 is 4.42 Å². The SMILES string of the molecule is Brc1cnccc1Sc1ncco1. The number of hydrogen-bond donors (Lipinski definition) is 0. The van der Waals surface area contributed by atoms with Gasteiger partial charge in [0, 0.05) is 21.8 Å². The Morgan fingerprint density at radius 1 is 1.38 bits per heavy atom. The topological polar surface area (TPSA) is 38.9 Å². The Morgan fingerprint density at radius 2 is 2.31 bits per heavy atom. The maximum atomic E-state index is 5.10. The van der Waals surface area contributed by atoms with Crippen molar-refractivity contribution in [2.24, 2.45) is 0 Å². The van der Waals surface area contributed by atoms with Crippen LogP contribution in [0.25, 0.3) is 0 Å². The van der Waals surface area contributed by atoms with Crippen LogP contribution in [0.2, 0.25) is 0 Å². The zero-order valence-electron chi connectivity index (χ0n) is 6.48. The Morgan fingerprint density at radius 3 is 3.00 bits per heavy atom. The van der Waals surface area contributed by atoms with Crippen molar-refractivity contribution in [1.29, 1.82) is 0 Å². The number of aromatic nitrogens is 2. The molecule has 0 amide bonds. The summed E-state index contributed by atoms with van der Waals surface area (Å²) in [5.74, 6) is 0. The Labute approximate surface area is 87.7 Å². The van der Waals surface area contributed by atoms with Crippen molar-refractivity contribution in [3.8, 4) is 0 Å². The Bertz CT molecular complexity index is 391. The van der Waals surface area contributed by atoms with Crippen LogP contribution in [0.4, 0.5) is 0 Å². The molecule has 0 spiro atoms. The van der Waals surface area contributed by atoms with Gasteiger partial charge in [-0.15, -0.1) is 0 Å². The third kappa shape index (κ3) is 2.10. The second-order valence-electron chi connectivity index (χ2n) is 2.21. The first-order valence-corrected chi connectivity index (χ1v) is 5.14. The molecule has 0 fully saturated rings. The van der Waals surface area contributed by atoms with Crippen LogP contribution in [0, 0.1) is 0 Å². The molecular formula is C8H5BrN2OS. The zero-order valence-corrected chi connectivity index (χ0v) is 8.88. The highest BCUT2D eigenvalue weighted by atomic mass is 79.9. The van der Waals surface area contributed by atoms with Crippen LogP contribution in [-0.4, -0.2) is 9.97 Å². The van der Waals surface area contributed by atoms with E-state index < -0.39 is 0 Å². The summed E-state index contributed by atoms with van der Waals surface area (Å²) in [5.41, 5.74) is 0. The van der Waals surface area contributed by atoms with Crippen LogP contribution in [0.1, 0.15) is 0 Å². The number of halogens is 1. The van der Waals surface area contributed by atoms with Gasteiger partial charge in [-0.2, -0.15) is 0 Å². The lowest BCUT2D eigenvalue weighted by atomic mass is 10.5. The van der Waals surface area contributed by atoms with E-state index in [2.05, 4.69) is 25.9 Å². The van der Waals surface area contributed by atoms with Crippen LogP contribution in [0.15, 0.2) is 49.9 Å². The van der Waals surface area contributed by atoms with E-state index in [1.54, 1.807) is 24.9 Å². The molecule has 0 bridgehead atoms. The maximum absolute atomic E-state index is 5.10. The molecule has 5 heteroatoms. The largest absolute Gasteiger partial charge is 0.440 e. The summed E-state index contributed by atoms with van der Waals surface area (Å²) >= 11 is 4.85. The number of hydrogen-bond acceptors (Lipinski definition) is 4. The molecule has 0 saturated carbocycles. The fourth-order valence-corrected chi connectivity index (χ4v) is 1.98. The average molecular weight is 257 g/mol. The number of rotatable bonds is 2. The smallest absolute Gasteiger partial charge is 0.260 e. The van der Waals surface area contributed by atoms with Gasteiger partial charge in [-0.05, 0) is 33.8 Å². The highest BCUT2D eigenvalue weighted by molar-refractivity contribution is 9.10. The predicted molar refractivity (Wildman–Crippen MR) is 52.6 cm³/mol. The first kappa shape index (κ1) is 8.77. The average Bonchev–Trinajstić information content (AvgIpc) is 2.61. The van der Waals surface area contributed by atoms with E-state index in [9.17, 15) is 0 Å². The normalized spacial score (nSPS) is 10.2. The summed E-state index contributed by atoms with van der Waals surface area (Å²) < 4.78 is 6.05. The third-order valence-corrected chi connectivity index (χ3v) is 3.19. The summed E-state index contributed by atoms with van der Waals surface area (Å²) in [5, 5.41) is 0.631. The Hall–Kier alpha value is -0.810. The maximum Gasteiger partial charge on any atom is 0.260 e. The van der Waals surface area contributed by atoms with Gasteiger partial charge in [0.15, 0.2) is 0 Å². The molecule has 2 aromatic rings. The molecule has 0 aliphatic rings. The molecule has 3 nitrogen and oxygen atoms in total. The summed E-state index contributed by atoms with van der Waals surface area (Å²) in [4.78, 5) is 9.01. The van der Waals surface area contributed by atoms with Gasteiger partial charge in [-0.25, -0.2) is 4.98 Å². The van der Waals surface area contributed by atoms with E-state index in [0.717, 1.165) is 9.37 Å². The van der Waals surface area contributed by atoms with Crippen molar-refractivity contribution in [3.05, 3.63) is 35.4 Å². The molecule has 0 aromatic carbocycles. The second kappa shape index (κ2) is 3.93. The first-order valence-electron chi connectivity index (χ1n) is 3.53. The van der Waals surface area contributed by atoms with Gasteiger partial charge < -0.3 is 4.42 Å². The van der Waals surface area contributed by atoms with Crippen LogP contribution >= 0.6 is 27.7 Å². The van der Waals surface area contributed by atoms with Gasteiger partial charge in [0.2, 0.25) is 0 Å². The lowest BCUT2D eigenvalue weighted by molar-refractivity contribution is 0.454. The van der Waals surface area contributed by atoms with E-state index in [-0.39, 0.29) is 0 Å². The van der Waals surface area contributed by atoms with Crippen molar-refractivity contribution in [3.63, 3.8) is 0 Å². The summed E-state index contributed by atoms with van der Waals surface area (Å²) in [6, 6.07) is 1.90. The standard InChI is InChI=1S/C8H5BrN2OS/c9-6-5-10-2-1-7(6)13-8-11-3-4-12-8/h1-5H. The monoisotopic (exact) mass is 256 g/mol. The van der Waals surface area contributed by atoms with Crippen LogP contribution in [0.5, 0.6) is 0 Å². The third-order valence-electron chi connectivity index (χ3n) is 1.34. The minimum Gasteiger partial charge on any atom is -0.440 e. The number of oxazole rings is 1. The molecule has 13 heavy (non-hydrogen) atoms. The summed E-state index contributed by atoms with van der Waals surface area (Å²) in [6.07, 6.45) is 6.65. The molecule has 0 radical (unpaired) electrons. The molecule has 0 N–H and O–H groups in total. The summed E-state index contributed by atoms with van der Waals surface area (Å²) in [6.45, 7) is 0. The molecule has 0 saturated heterocycles. The van der Waals surface area contributed by atoms with Crippen LogP contribution in [-0.2, 0) is 0 Å². The van der Waals surface area contributed by atoms with Crippen molar-refractivity contribution >= 4 is 27.7 Å². The molecule has 2 rings (SSSR count). The van der Waals surface area contributed by atoms with Gasteiger partial charge in [-0.3, -0.25) is 4.98 Å². The molecular weight excluding hydrogens is 252 g/mol. The molecule has 66 valence electrons. The van der Waals surface area contributed by atoms with Crippen LogP contribution in [0.3, 0.4) is 0 Å². The van der Waals surface area contributed by atoms with E-state index in [1.165, 1.54) is 11.8 Å². The van der Waals surface area contributed by atoms with E-state index in [0.29, 0.717) is 5.22 Å². The lowest BCUT2D eigenvalue weighted by Crippen LogP contribution is -1.77. The number of pyridine rings is 1. The predicted octanol–water partition coefficient (Wildman–Crippen LogP) is 2.98. The highest BCUT2D eigenvalue weighted by Crippen LogP contribution is 2.31. The fraction of sp³-hybridized carbons (Fsp3) is 0. The van der Waals surface area contributed by atoms with Gasteiger partial charge in [0.05, 0.1) is 6.20 Å². The lowest BCUT2D eigenvalue weighted by Gasteiger charge is -1.97. The minimum absolute atomic E-state index is 0.631. The van der Waals surface area contributed by atoms with Crippen molar-refractivity contribution in [2.45, 2.75) is 10.1 Å². The molecule has 0 atom stereocenters. The van der Waals surface area contributed by atoms with Gasteiger partial charge >= 0.3 is 0 Å². The summed E-state index contributed by atoms with van der Waals surface area (Å²) in [7, 11) is 0. The fourth-order valence-electron chi connectivity index (χ4n) is 0.800.